The van der Waals surface area contributed by atoms with Crippen LogP contribution < -0.4 is 9.47 Å². The Morgan fingerprint density at radius 1 is 1.23 bits per heavy atom. The van der Waals surface area contributed by atoms with Crippen LogP contribution in [0.1, 0.15) is 12.0 Å². The zero-order chi connectivity index (χ0) is 16.1. The maximum Gasteiger partial charge on any atom is 0.127 e. The van der Waals surface area contributed by atoms with Crippen molar-refractivity contribution in [2.24, 2.45) is 5.92 Å². The van der Waals surface area contributed by atoms with E-state index < -0.39 is 0 Å². The van der Waals surface area contributed by atoms with Crippen LogP contribution in [0.5, 0.6) is 11.5 Å². The first-order valence-corrected chi connectivity index (χ1v) is 7.80. The fourth-order valence-electron chi connectivity index (χ4n) is 3.41. The maximum atomic E-state index is 9.69. The van der Waals surface area contributed by atoms with E-state index in [0.29, 0.717) is 6.04 Å². The SMILES string of the molecule is COc1cccc(OC)c1CN1CCC(N(C)C)C(CO)C1. The molecular formula is C17H28N2O3. The van der Waals surface area contributed by atoms with Crippen LogP contribution >= 0.6 is 0 Å². The number of rotatable bonds is 6. The van der Waals surface area contributed by atoms with Crippen molar-refractivity contribution < 1.29 is 14.6 Å². The van der Waals surface area contributed by atoms with Gasteiger partial charge in [-0.05, 0) is 32.6 Å². The molecule has 0 saturated carbocycles. The molecule has 1 aromatic rings. The zero-order valence-corrected chi connectivity index (χ0v) is 14.1. The van der Waals surface area contributed by atoms with Gasteiger partial charge in [0.05, 0.1) is 19.8 Å². The van der Waals surface area contributed by atoms with E-state index in [2.05, 4.69) is 23.9 Å². The first kappa shape index (κ1) is 17.1. The molecule has 0 aromatic heterocycles. The summed E-state index contributed by atoms with van der Waals surface area (Å²) in [6, 6.07) is 6.32. The summed E-state index contributed by atoms with van der Waals surface area (Å²) in [5.74, 6) is 1.99. The van der Waals surface area contributed by atoms with Crippen molar-refractivity contribution in [1.82, 2.24) is 9.80 Å². The Morgan fingerprint density at radius 2 is 1.86 bits per heavy atom. The molecule has 0 spiro atoms. The Balaban J connectivity index is 2.12. The minimum absolute atomic E-state index is 0.225. The second-order valence-electron chi connectivity index (χ2n) is 6.14. The van der Waals surface area contributed by atoms with Gasteiger partial charge >= 0.3 is 0 Å². The van der Waals surface area contributed by atoms with Crippen molar-refractivity contribution in [2.75, 3.05) is 48.0 Å². The van der Waals surface area contributed by atoms with Gasteiger partial charge in [0.1, 0.15) is 11.5 Å². The molecule has 2 unspecified atom stereocenters. The van der Waals surface area contributed by atoms with Gasteiger partial charge in [-0.15, -0.1) is 0 Å². The molecule has 1 aliphatic rings. The van der Waals surface area contributed by atoms with Crippen LogP contribution in [0.4, 0.5) is 0 Å². The zero-order valence-electron chi connectivity index (χ0n) is 14.1. The van der Waals surface area contributed by atoms with Gasteiger partial charge in [0.15, 0.2) is 0 Å². The number of likely N-dealkylation sites (tertiary alicyclic amines) is 1. The molecule has 0 bridgehead atoms. The number of aliphatic hydroxyl groups is 1. The summed E-state index contributed by atoms with van der Waals surface area (Å²) in [5, 5.41) is 9.69. The predicted octanol–water partition coefficient (Wildman–Crippen LogP) is 1.45. The number of hydrogen-bond donors (Lipinski definition) is 1. The molecule has 0 aliphatic carbocycles. The third kappa shape index (κ3) is 3.72. The molecule has 1 fully saturated rings. The van der Waals surface area contributed by atoms with Crippen molar-refractivity contribution in [2.45, 2.75) is 19.0 Å². The molecule has 22 heavy (non-hydrogen) atoms. The Morgan fingerprint density at radius 3 is 2.36 bits per heavy atom. The largest absolute Gasteiger partial charge is 0.496 e. The van der Waals surface area contributed by atoms with Gasteiger partial charge in [0.25, 0.3) is 0 Å². The molecule has 1 aliphatic heterocycles. The first-order valence-electron chi connectivity index (χ1n) is 7.80. The van der Waals surface area contributed by atoms with Crippen molar-refractivity contribution >= 4 is 0 Å². The lowest BCUT2D eigenvalue weighted by atomic mass is 9.91. The lowest BCUT2D eigenvalue weighted by Gasteiger charge is -2.41. The second kappa shape index (κ2) is 7.81. The van der Waals surface area contributed by atoms with Gasteiger partial charge < -0.3 is 19.5 Å². The topological polar surface area (TPSA) is 45.2 Å². The highest BCUT2D eigenvalue weighted by Crippen LogP contribution is 2.31. The molecule has 1 heterocycles. The number of aliphatic hydroxyl groups excluding tert-OH is 1. The minimum atomic E-state index is 0.225. The summed E-state index contributed by atoms with van der Waals surface area (Å²) in [6.45, 7) is 2.91. The van der Waals surface area contributed by atoms with Crippen LogP contribution in [-0.4, -0.2) is 69.0 Å². The number of nitrogens with zero attached hydrogens (tertiary/aromatic N) is 2. The number of piperidine rings is 1. The molecule has 0 radical (unpaired) electrons. The fourth-order valence-corrected chi connectivity index (χ4v) is 3.41. The quantitative estimate of drug-likeness (QED) is 0.862. The Bertz CT molecular complexity index is 457. The van der Waals surface area contributed by atoms with Crippen molar-refractivity contribution in [3.05, 3.63) is 23.8 Å². The van der Waals surface area contributed by atoms with E-state index in [-0.39, 0.29) is 12.5 Å². The molecule has 5 nitrogen and oxygen atoms in total. The molecule has 1 saturated heterocycles. The third-order valence-electron chi connectivity index (χ3n) is 4.59. The number of methoxy groups -OCH3 is 2. The highest BCUT2D eigenvalue weighted by molar-refractivity contribution is 5.44. The lowest BCUT2D eigenvalue weighted by molar-refractivity contribution is 0.0448. The van der Waals surface area contributed by atoms with Crippen molar-refractivity contribution in [3.63, 3.8) is 0 Å². The van der Waals surface area contributed by atoms with Gasteiger partial charge in [-0.25, -0.2) is 0 Å². The summed E-state index contributed by atoms with van der Waals surface area (Å²) < 4.78 is 11.0. The van der Waals surface area contributed by atoms with Crippen LogP contribution in [0, 0.1) is 5.92 Å². The van der Waals surface area contributed by atoms with Gasteiger partial charge in [-0.2, -0.15) is 0 Å². The molecule has 1 aromatic carbocycles. The third-order valence-corrected chi connectivity index (χ3v) is 4.59. The van der Waals surface area contributed by atoms with Crippen LogP contribution in [-0.2, 0) is 6.54 Å². The molecule has 0 amide bonds. The molecular weight excluding hydrogens is 280 g/mol. The van der Waals surface area contributed by atoms with E-state index in [1.54, 1.807) is 14.2 Å². The van der Waals surface area contributed by atoms with E-state index in [4.69, 9.17) is 9.47 Å². The van der Waals surface area contributed by atoms with Gasteiger partial charge in [0, 0.05) is 38.2 Å². The average molecular weight is 308 g/mol. The Kier molecular flexibility index (Phi) is 6.06. The molecule has 1 N–H and O–H groups in total. The van der Waals surface area contributed by atoms with E-state index >= 15 is 0 Å². The van der Waals surface area contributed by atoms with Crippen LogP contribution in [0.2, 0.25) is 0 Å². The molecule has 2 atom stereocenters. The molecule has 2 rings (SSSR count). The highest BCUT2D eigenvalue weighted by atomic mass is 16.5. The van der Waals surface area contributed by atoms with Gasteiger partial charge in [0.2, 0.25) is 0 Å². The smallest absolute Gasteiger partial charge is 0.127 e. The van der Waals surface area contributed by atoms with E-state index in [9.17, 15) is 5.11 Å². The van der Waals surface area contributed by atoms with Crippen LogP contribution in [0.3, 0.4) is 0 Å². The first-order chi connectivity index (χ1) is 10.6. The fraction of sp³-hybridized carbons (Fsp3) is 0.647. The summed E-state index contributed by atoms with van der Waals surface area (Å²) in [7, 11) is 7.55. The summed E-state index contributed by atoms with van der Waals surface area (Å²) in [5.41, 5.74) is 1.08. The number of ether oxygens (including phenoxy) is 2. The summed E-state index contributed by atoms with van der Waals surface area (Å²) in [4.78, 5) is 4.60. The summed E-state index contributed by atoms with van der Waals surface area (Å²) in [6.07, 6.45) is 1.07. The second-order valence-corrected chi connectivity index (χ2v) is 6.14. The maximum absolute atomic E-state index is 9.69. The van der Waals surface area contributed by atoms with Crippen LogP contribution in [0.25, 0.3) is 0 Å². The monoisotopic (exact) mass is 308 g/mol. The van der Waals surface area contributed by atoms with Crippen molar-refractivity contribution in [1.29, 1.82) is 0 Å². The average Bonchev–Trinajstić information content (AvgIpc) is 2.54. The highest BCUT2D eigenvalue weighted by Gasteiger charge is 2.30. The normalized spacial score (nSPS) is 22.8. The van der Waals surface area contributed by atoms with Gasteiger partial charge in [-0.3, -0.25) is 4.90 Å². The Labute approximate surface area is 133 Å². The van der Waals surface area contributed by atoms with E-state index in [1.807, 2.05) is 18.2 Å². The van der Waals surface area contributed by atoms with Crippen molar-refractivity contribution in [3.8, 4) is 11.5 Å². The lowest BCUT2D eigenvalue weighted by Crippen LogP contribution is -2.49. The van der Waals surface area contributed by atoms with E-state index in [1.165, 1.54) is 0 Å². The molecule has 5 heteroatoms. The number of hydrogen-bond acceptors (Lipinski definition) is 5. The van der Waals surface area contributed by atoms with Crippen LogP contribution in [0.15, 0.2) is 18.2 Å². The minimum Gasteiger partial charge on any atom is -0.496 e. The van der Waals surface area contributed by atoms with Gasteiger partial charge in [-0.1, -0.05) is 6.07 Å². The molecule has 124 valence electrons. The number of benzene rings is 1. The Hall–Kier alpha value is -1.30. The standard InChI is InChI=1S/C17H28N2O3/c1-18(2)15-8-9-19(10-13(15)12-20)11-14-16(21-3)6-5-7-17(14)22-4/h5-7,13,15,20H,8-12H2,1-4H3. The summed E-state index contributed by atoms with van der Waals surface area (Å²) >= 11 is 0. The predicted molar refractivity (Wildman–Crippen MR) is 87.5 cm³/mol. The van der Waals surface area contributed by atoms with E-state index in [0.717, 1.165) is 43.1 Å².